The van der Waals surface area contributed by atoms with Gasteiger partial charge in [0.2, 0.25) is 5.91 Å². The Morgan fingerprint density at radius 3 is 2.86 bits per heavy atom. The quantitative estimate of drug-likeness (QED) is 0.445. The van der Waals surface area contributed by atoms with Crippen LogP contribution in [-0.2, 0) is 14.3 Å². The lowest BCUT2D eigenvalue weighted by atomic mass is 10.1. The van der Waals surface area contributed by atoms with Gasteiger partial charge in [-0.25, -0.2) is 4.79 Å². The van der Waals surface area contributed by atoms with Gasteiger partial charge >= 0.3 is 5.97 Å². The third-order valence-corrected chi connectivity index (χ3v) is 4.59. The highest BCUT2D eigenvalue weighted by Crippen LogP contribution is 2.38. The molecule has 1 fully saturated rings. The van der Waals surface area contributed by atoms with E-state index in [0.717, 1.165) is 22.0 Å². The van der Waals surface area contributed by atoms with Gasteiger partial charge in [0.25, 0.3) is 0 Å². The van der Waals surface area contributed by atoms with Crippen LogP contribution in [0.15, 0.2) is 30.6 Å². The first-order valence-corrected chi connectivity index (χ1v) is 7.77. The number of esters is 1. The van der Waals surface area contributed by atoms with Gasteiger partial charge in [-0.05, 0) is 41.5 Å². The van der Waals surface area contributed by atoms with Crippen molar-refractivity contribution in [2.45, 2.75) is 31.8 Å². The standard InChI is InChI=1S/C15H17IN2O3/c1-10(19)18-11(4-6-15(20)21-2)3-5-14(18)12-9-17-8-7-13(12)16/h4,6-9,11,14H,3,5H2,1-2H3/b6-4+/t11-,14+/m0/s1. The first kappa shape index (κ1) is 15.9. The van der Waals surface area contributed by atoms with Gasteiger partial charge in [-0.15, -0.1) is 0 Å². The Morgan fingerprint density at radius 1 is 1.48 bits per heavy atom. The molecule has 1 saturated heterocycles. The summed E-state index contributed by atoms with van der Waals surface area (Å²) in [5, 5.41) is 0. The predicted molar refractivity (Wildman–Crippen MR) is 86.4 cm³/mol. The van der Waals surface area contributed by atoms with Gasteiger partial charge in [0.15, 0.2) is 0 Å². The number of pyridine rings is 1. The van der Waals surface area contributed by atoms with E-state index in [1.165, 1.54) is 13.2 Å². The topological polar surface area (TPSA) is 59.5 Å². The minimum absolute atomic E-state index is 0.00308. The SMILES string of the molecule is COC(=O)/C=C/[C@@H]1CC[C@H](c2cnccc2I)N1C(C)=O. The molecule has 0 radical (unpaired) electrons. The molecule has 0 unspecified atom stereocenters. The fourth-order valence-corrected chi connectivity index (χ4v) is 3.34. The summed E-state index contributed by atoms with van der Waals surface area (Å²) < 4.78 is 5.69. The number of likely N-dealkylation sites (tertiary alicyclic amines) is 1. The number of carbonyl (C=O) groups excluding carboxylic acids is 2. The third-order valence-electron chi connectivity index (χ3n) is 3.60. The van der Waals surface area contributed by atoms with Crippen LogP contribution in [0.2, 0.25) is 0 Å². The minimum Gasteiger partial charge on any atom is -0.466 e. The molecule has 0 bridgehead atoms. The minimum atomic E-state index is -0.405. The molecule has 1 aliphatic rings. The van der Waals surface area contributed by atoms with Gasteiger partial charge in [-0.2, -0.15) is 0 Å². The van der Waals surface area contributed by atoms with Gasteiger partial charge in [0.1, 0.15) is 0 Å². The third kappa shape index (κ3) is 3.61. The largest absolute Gasteiger partial charge is 0.466 e. The highest BCUT2D eigenvalue weighted by molar-refractivity contribution is 14.1. The summed E-state index contributed by atoms with van der Waals surface area (Å²) in [6.45, 7) is 1.56. The summed E-state index contributed by atoms with van der Waals surface area (Å²) in [7, 11) is 1.34. The van der Waals surface area contributed by atoms with Crippen molar-refractivity contribution in [3.05, 3.63) is 39.7 Å². The molecule has 0 aromatic carbocycles. The number of aromatic nitrogens is 1. The molecule has 1 amide bonds. The maximum absolute atomic E-state index is 12.0. The second-order valence-electron chi connectivity index (χ2n) is 4.87. The number of methoxy groups -OCH3 is 1. The van der Waals surface area contributed by atoms with Crippen molar-refractivity contribution in [3.63, 3.8) is 0 Å². The molecule has 0 N–H and O–H groups in total. The van der Waals surface area contributed by atoms with Crippen molar-refractivity contribution in [2.75, 3.05) is 7.11 Å². The lowest BCUT2D eigenvalue weighted by Gasteiger charge is -2.28. The van der Waals surface area contributed by atoms with Crippen LogP contribution in [-0.4, -0.2) is 34.9 Å². The molecule has 2 heterocycles. The number of rotatable bonds is 3. The summed E-state index contributed by atoms with van der Waals surface area (Å²) in [5.41, 5.74) is 1.06. The van der Waals surface area contributed by atoms with Gasteiger partial charge in [0, 0.05) is 34.5 Å². The molecule has 21 heavy (non-hydrogen) atoms. The molecule has 0 spiro atoms. The molecule has 6 heteroatoms. The molecule has 5 nitrogen and oxygen atoms in total. The molecule has 112 valence electrons. The van der Waals surface area contributed by atoms with Crippen molar-refractivity contribution >= 4 is 34.5 Å². The van der Waals surface area contributed by atoms with Gasteiger partial charge in [-0.3, -0.25) is 9.78 Å². The Bertz CT molecular complexity index is 574. The van der Waals surface area contributed by atoms with E-state index in [2.05, 4.69) is 32.3 Å². The molecule has 2 rings (SSSR count). The zero-order valence-electron chi connectivity index (χ0n) is 12.0. The highest BCUT2D eigenvalue weighted by atomic mass is 127. The Kier molecular flexibility index (Phi) is 5.33. The zero-order valence-corrected chi connectivity index (χ0v) is 14.1. The summed E-state index contributed by atoms with van der Waals surface area (Å²) in [4.78, 5) is 29.2. The molecular formula is C15H17IN2O3. The van der Waals surface area contributed by atoms with Crippen molar-refractivity contribution in [1.29, 1.82) is 0 Å². The van der Waals surface area contributed by atoms with Crippen LogP contribution in [0, 0.1) is 3.57 Å². The second kappa shape index (κ2) is 7.02. The van der Waals surface area contributed by atoms with Crippen LogP contribution in [0.25, 0.3) is 0 Å². The van der Waals surface area contributed by atoms with Crippen LogP contribution in [0.1, 0.15) is 31.4 Å². The first-order chi connectivity index (χ1) is 10.0. The number of amides is 1. The number of hydrogen-bond acceptors (Lipinski definition) is 4. The van der Waals surface area contributed by atoms with Crippen molar-refractivity contribution < 1.29 is 14.3 Å². The molecule has 2 atom stereocenters. The number of carbonyl (C=O) groups is 2. The average Bonchev–Trinajstić information content (AvgIpc) is 2.89. The Morgan fingerprint density at radius 2 is 2.24 bits per heavy atom. The molecule has 1 aliphatic heterocycles. The van der Waals surface area contributed by atoms with E-state index < -0.39 is 5.97 Å². The fourth-order valence-electron chi connectivity index (χ4n) is 2.68. The second-order valence-corrected chi connectivity index (χ2v) is 6.03. The van der Waals surface area contributed by atoms with Crippen molar-refractivity contribution in [1.82, 2.24) is 9.88 Å². The average molecular weight is 400 g/mol. The fraction of sp³-hybridized carbons (Fsp3) is 0.400. The summed E-state index contributed by atoms with van der Waals surface area (Å²) in [6, 6.07) is 1.87. The van der Waals surface area contributed by atoms with Crippen molar-refractivity contribution in [2.24, 2.45) is 0 Å². The Labute approximate surface area is 137 Å². The van der Waals surface area contributed by atoms with E-state index in [-0.39, 0.29) is 18.0 Å². The van der Waals surface area contributed by atoms with E-state index in [9.17, 15) is 9.59 Å². The van der Waals surface area contributed by atoms with E-state index in [4.69, 9.17) is 0 Å². The van der Waals surface area contributed by atoms with E-state index in [0.29, 0.717) is 0 Å². The molecule has 0 saturated carbocycles. The summed E-state index contributed by atoms with van der Waals surface area (Å²) >= 11 is 2.26. The lowest BCUT2D eigenvalue weighted by Crippen LogP contribution is -2.35. The molecule has 0 aliphatic carbocycles. The summed E-state index contributed by atoms with van der Waals surface area (Å²) in [5.74, 6) is -0.408. The molecular weight excluding hydrogens is 383 g/mol. The van der Waals surface area contributed by atoms with E-state index >= 15 is 0 Å². The summed E-state index contributed by atoms with van der Waals surface area (Å²) in [6.07, 6.45) is 8.37. The smallest absolute Gasteiger partial charge is 0.330 e. The molecule has 1 aromatic heterocycles. The Hall–Kier alpha value is -1.44. The van der Waals surface area contributed by atoms with Gasteiger partial charge in [-0.1, -0.05) is 6.08 Å². The number of ether oxygens (including phenoxy) is 1. The molecule has 1 aromatic rings. The van der Waals surface area contributed by atoms with E-state index in [1.54, 1.807) is 19.2 Å². The van der Waals surface area contributed by atoms with Crippen LogP contribution < -0.4 is 0 Å². The van der Waals surface area contributed by atoms with Crippen molar-refractivity contribution in [3.8, 4) is 0 Å². The maximum atomic E-state index is 12.0. The van der Waals surface area contributed by atoms with E-state index in [1.807, 2.05) is 17.2 Å². The van der Waals surface area contributed by atoms with Gasteiger partial charge in [0.05, 0.1) is 19.2 Å². The zero-order chi connectivity index (χ0) is 15.4. The van der Waals surface area contributed by atoms with Crippen LogP contribution in [0.3, 0.4) is 0 Å². The van der Waals surface area contributed by atoms with Crippen LogP contribution in [0.4, 0.5) is 0 Å². The normalized spacial score (nSPS) is 21.8. The predicted octanol–water partition coefficient (Wildman–Crippen LogP) is 2.47. The number of halogens is 1. The first-order valence-electron chi connectivity index (χ1n) is 6.69. The van der Waals surface area contributed by atoms with Gasteiger partial charge < -0.3 is 9.64 Å². The van der Waals surface area contributed by atoms with Crippen LogP contribution >= 0.6 is 22.6 Å². The number of hydrogen-bond donors (Lipinski definition) is 0. The lowest BCUT2D eigenvalue weighted by molar-refractivity contribution is -0.135. The monoisotopic (exact) mass is 400 g/mol. The highest BCUT2D eigenvalue weighted by Gasteiger charge is 2.35. The van der Waals surface area contributed by atoms with Crippen LogP contribution in [0.5, 0.6) is 0 Å². The Balaban J connectivity index is 2.25. The number of nitrogens with zero attached hydrogens (tertiary/aromatic N) is 2. The maximum Gasteiger partial charge on any atom is 0.330 e.